The standard InChI is InChI=1S/C16H17N3OS/c1-11-14(9-10-20-11)15-17-18-16(19(15)3)21-12(2)13-7-5-4-6-8-13/h4-10,12H,1-3H3. The van der Waals surface area contributed by atoms with Crippen LogP contribution in [0.15, 0.2) is 52.2 Å². The van der Waals surface area contributed by atoms with Crippen LogP contribution in [0.4, 0.5) is 0 Å². The average molecular weight is 299 g/mol. The Morgan fingerprint density at radius 1 is 1.14 bits per heavy atom. The molecule has 0 amide bonds. The number of benzene rings is 1. The monoisotopic (exact) mass is 299 g/mol. The third kappa shape index (κ3) is 2.74. The number of thioether (sulfide) groups is 1. The summed E-state index contributed by atoms with van der Waals surface area (Å²) in [6.45, 7) is 4.11. The van der Waals surface area contributed by atoms with E-state index in [1.54, 1.807) is 18.0 Å². The molecule has 0 saturated carbocycles. The summed E-state index contributed by atoms with van der Waals surface area (Å²) < 4.78 is 7.36. The topological polar surface area (TPSA) is 43.9 Å². The molecule has 2 heterocycles. The Labute approximate surface area is 128 Å². The minimum Gasteiger partial charge on any atom is -0.469 e. The molecule has 108 valence electrons. The Morgan fingerprint density at radius 3 is 2.57 bits per heavy atom. The molecular formula is C16H17N3OS. The minimum absolute atomic E-state index is 0.326. The second kappa shape index (κ2) is 5.77. The minimum atomic E-state index is 0.326. The largest absolute Gasteiger partial charge is 0.469 e. The van der Waals surface area contributed by atoms with Crippen LogP contribution in [0.1, 0.15) is 23.5 Å². The zero-order chi connectivity index (χ0) is 14.8. The summed E-state index contributed by atoms with van der Waals surface area (Å²) in [5.41, 5.74) is 2.27. The van der Waals surface area contributed by atoms with Crippen molar-refractivity contribution in [1.82, 2.24) is 14.8 Å². The van der Waals surface area contributed by atoms with E-state index in [9.17, 15) is 0 Å². The van der Waals surface area contributed by atoms with Crippen molar-refractivity contribution in [1.29, 1.82) is 0 Å². The van der Waals surface area contributed by atoms with Gasteiger partial charge in [0.15, 0.2) is 11.0 Å². The van der Waals surface area contributed by atoms with Crippen LogP contribution in [0.3, 0.4) is 0 Å². The quantitative estimate of drug-likeness (QED) is 0.676. The highest BCUT2D eigenvalue weighted by atomic mass is 32.2. The maximum absolute atomic E-state index is 5.35. The van der Waals surface area contributed by atoms with E-state index in [1.807, 2.05) is 30.7 Å². The average Bonchev–Trinajstić information content (AvgIpc) is 3.07. The normalized spacial score (nSPS) is 12.5. The lowest BCUT2D eigenvalue weighted by atomic mass is 10.2. The van der Waals surface area contributed by atoms with Crippen molar-refractivity contribution in [2.45, 2.75) is 24.3 Å². The highest BCUT2D eigenvalue weighted by Gasteiger charge is 2.17. The van der Waals surface area contributed by atoms with Gasteiger partial charge in [-0.3, -0.25) is 0 Å². The van der Waals surface area contributed by atoms with Crippen LogP contribution in [0.5, 0.6) is 0 Å². The van der Waals surface area contributed by atoms with Gasteiger partial charge in [-0.15, -0.1) is 10.2 Å². The molecule has 0 aliphatic rings. The summed E-state index contributed by atoms with van der Waals surface area (Å²) in [6.07, 6.45) is 1.68. The Kier molecular flexibility index (Phi) is 3.84. The van der Waals surface area contributed by atoms with E-state index >= 15 is 0 Å². The Hall–Kier alpha value is -2.01. The number of aromatic nitrogens is 3. The second-order valence-corrected chi connectivity index (χ2v) is 6.23. The van der Waals surface area contributed by atoms with Gasteiger partial charge >= 0.3 is 0 Å². The molecule has 4 nitrogen and oxygen atoms in total. The number of hydrogen-bond acceptors (Lipinski definition) is 4. The van der Waals surface area contributed by atoms with Crippen molar-refractivity contribution in [3.05, 3.63) is 54.0 Å². The van der Waals surface area contributed by atoms with E-state index in [-0.39, 0.29) is 0 Å². The molecule has 1 atom stereocenters. The lowest BCUT2D eigenvalue weighted by Crippen LogP contribution is -1.97. The van der Waals surface area contributed by atoms with Crippen molar-refractivity contribution >= 4 is 11.8 Å². The van der Waals surface area contributed by atoms with E-state index in [4.69, 9.17) is 4.42 Å². The Bertz CT molecular complexity index is 733. The first-order valence-electron chi connectivity index (χ1n) is 6.82. The van der Waals surface area contributed by atoms with Gasteiger partial charge in [0.1, 0.15) is 5.76 Å². The molecule has 0 saturated heterocycles. The first-order chi connectivity index (χ1) is 10.2. The summed E-state index contributed by atoms with van der Waals surface area (Å²) in [5, 5.41) is 9.84. The van der Waals surface area contributed by atoms with Crippen LogP contribution < -0.4 is 0 Å². The fraction of sp³-hybridized carbons (Fsp3) is 0.250. The zero-order valence-electron chi connectivity index (χ0n) is 12.3. The Morgan fingerprint density at radius 2 is 1.90 bits per heavy atom. The van der Waals surface area contributed by atoms with Crippen LogP contribution in [-0.2, 0) is 7.05 Å². The first kappa shape index (κ1) is 13.9. The molecule has 5 heteroatoms. The van der Waals surface area contributed by atoms with Crippen molar-refractivity contribution in [3.8, 4) is 11.4 Å². The molecule has 0 aliphatic carbocycles. The lowest BCUT2D eigenvalue weighted by molar-refractivity contribution is 0.534. The van der Waals surface area contributed by atoms with Crippen molar-refractivity contribution < 1.29 is 4.42 Å². The first-order valence-corrected chi connectivity index (χ1v) is 7.70. The van der Waals surface area contributed by atoms with E-state index in [0.29, 0.717) is 5.25 Å². The van der Waals surface area contributed by atoms with Gasteiger partial charge in [0.2, 0.25) is 0 Å². The summed E-state index contributed by atoms with van der Waals surface area (Å²) >= 11 is 1.71. The van der Waals surface area contributed by atoms with Gasteiger partial charge in [0.25, 0.3) is 0 Å². The molecule has 2 aromatic heterocycles. The SMILES string of the molecule is Cc1occc1-c1nnc(SC(C)c2ccccc2)n1C. The highest BCUT2D eigenvalue weighted by molar-refractivity contribution is 7.99. The van der Waals surface area contributed by atoms with Gasteiger partial charge in [-0.25, -0.2) is 0 Å². The fourth-order valence-electron chi connectivity index (χ4n) is 2.22. The maximum Gasteiger partial charge on any atom is 0.191 e. The summed E-state index contributed by atoms with van der Waals surface area (Å²) in [4.78, 5) is 0. The third-order valence-electron chi connectivity index (χ3n) is 3.49. The van der Waals surface area contributed by atoms with Gasteiger partial charge in [-0.05, 0) is 25.5 Å². The van der Waals surface area contributed by atoms with Gasteiger partial charge in [-0.2, -0.15) is 0 Å². The van der Waals surface area contributed by atoms with Gasteiger partial charge in [0, 0.05) is 12.3 Å². The van der Waals surface area contributed by atoms with Gasteiger partial charge < -0.3 is 8.98 Å². The molecule has 1 unspecified atom stereocenters. The van der Waals surface area contributed by atoms with Crippen molar-refractivity contribution in [2.75, 3.05) is 0 Å². The van der Waals surface area contributed by atoms with Crippen LogP contribution in [-0.4, -0.2) is 14.8 Å². The molecule has 0 radical (unpaired) electrons. The summed E-state index contributed by atoms with van der Waals surface area (Å²) in [5.74, 6) is 1.70. The predicted octanol–water partition coefficient (Wildman–Crippen LogP) is 4.24. The molecule has 0 fully saturated rings. The Balaban J connectivity index is 1.85. The van der Waals surface area contributed by atoms with Gasteiger partial charge in [-0.1, -0.05) is 42.1 Å². The number of nitrogens with zero attached hydrogens (tertiary/aromatic N) is 3. The molecule has 0 N–H and O–H groups in total. The smallest absolute Gasteiger partial charge is 0.191 e. The van der Waals surface area contributed by atoms with Crippen LogP contribution in [0.2, 0.25) is 0 Å². The van der Waals surface area contributed by atoms with Crippen LogP contribution in [0.25, 0.3) is 11.4 Å². The third-order valence-corrected chi connectivity index (χ3v) is 4.68. The summed E-state index contributed by atoms with van der Waals surface area (Å²) in [7, 11) is 1.99. The van der Waals surface area contributed by atoms with Crippen molar-refractivity contribution in [2.24, 2.45) is 7.05 Å². The lowest BCUT2D eigenvalue weighted by Gasteiger charge is -2.10. The molecular weight excluding hydrogens is 282 g/mol. The van der Waals surface area contributed by atoms with Crippen molar-refractivity contribution in [3.63, 3.8) is 0 Å². The van der Waals surface area contributed by atoms with E-state index in [1.165, 1.54) is 5.56 Å². The maximum atomic E-state index is 5.35. The predicted molar refractivity (Wildman–Crippen MR) is 84.2 cm³/mol. The summed E-state index contributed by atoms with van der Waals surface area (Å²) in [6, 6.07) is 12.3. The van der Waals surface area contributed by atoms with Crippen LogP contribution >= 0.6 is 11.8 Å². The van der Waals surface area contributed by atoms with E-state index in [0.717, 1.165) is 22.3 Å². The molecule has 1 aromatic carbocycles. The molecule has 0 bridgehead atoms. The number of aryl methyl sites for hydroxylation is 1. The highest BCUT2D eigenvalue weighted by Crippen LogP contribution is 2.35. The molecule has 0 aliphatic heterocycles. The molecule has 0 spiro atoms. The fourth-order valence-corrected chi connectivity index (χ4v) is 3.16. The van der Waals surface area contributed by atoms with Crippen LogP contribution in [0, 0.1) is 6.92 Å². The number of hydrogen-bond donors (Lipinski definition) is 0. The number of rotatable bonds is 4. The molecule has 21 heavy (non-hydrogen) atoms. The van der Waals surface area contributed by atoms with E-state index < -0.39 is 0 Å². The van der Waals surface area contributed by atoms with Gasteiger partial charge in [0.05, 0.1) is 11.8 Å². The molecule has 3 aromatic rings. The van der Waals surface area contributed by atoms with E-state index in [2.05, 4.69) is 41.4 Å². The zero-order valence-corrected chi connectivity index (χ0v) is 13.1. The molecule has 3 rings (SSSR count). The number of furan rings is 1. The second-order valence-electron chi connectivity index (χ2n) is 4.93.